The zero-order valence-corrected chi connectivity index (χ0v) is 10.2. The molecule has 0 spiro atoms. The molecule has 1 N–H and O–H groups in total. The van der Waals surface area contributed by atoms with Crippen LogP contribution < -0.4 is 5.32 Å². The molecule has 2 rings (SSSR count). The molecule has 3 heteroatoms. The first-order valence-corrected chi connectivity index (χ1v) is 6.17. The average Bonchev–Trinajstić information content (AvgIpc) is 2.31. The van der Waals surface area contributed by atoms with Crippen LogP contribution in [0.3, 0.4) is 0 Å². The molecule has 1 aromatic heterocycles. The van der Waals surface area contributed by atoms with Gasteiger partial charge in [-0.15, -0.1) is 0 Å². The van der Waals surface area contributed by atoms with Crippen molar-refractivity contribution in [2.75, 3.05) is 18.4 Å². The van der Waals surface area contributed by atoms with Crippen molar-refractivity contribution in [3.63, 3.8) is 0 Å². The molecule has 0 radical (unpaired) electrons. The van der Waals surface area contributed by atoms with Gasteiger partial charge >= 0.3 is 0 Å². The van der Waals surface area contributed by atoms with Crippen LogP contribution in [-0.4, -0.2) is 35.1 Å². The first-order chi connectivity index (χ1) is 7.75. The molecule has 0 aliphatic carbocycles. The van der Waals surface area contributed by atoms with Gasteiger partial charge in [0, 0.05) is 31.4 Å². The summed E-state index contributed by atoms with van der Waals surface area (Å²) in [6, 6.07) is 7.28. The molecule has 0 saturated carbocycles. The van der Waals surface area contributed by atoms with Gasteiger partial charge in [0.15, 0.2) is 0 Å². The summed E-state index contributed by atoms with van der Waals surface area (Å²) in [7, 11) is 0. The number of nitrogens with zero attached hydrogens (tertiary/aromatic N) is 2. The molecule has 16 heavy (non-hydrogen) atoms. The molecule has 0 unspecified atom stereocenters. The summed E-state index contributed by atoms with van der Waals surface area (Å²) >= 11 is 0. The van der Waals surface area contributed by atoms with Crippen molar-refractivity contribution >= 4 is 5.82 Å². The van der Waals surface area contributed by atoms with Crippen molar-refractivity contribution in [1.82, 2.24) is 9.88 Å². The zero-order chi connectivity index (χ0) is 11.4. The van der Waals surface area contributed by atoms with Crippen molar-refractivity contribution in [3.05, 3.63) is 24.4 Å². The molecule has 88 valence electrons. The summed E-state index contributed by atoms with van der Waals surface area (Å²) in [6.45, 7) is 6.93. The summed E-state index contributed by atoms with van der Waals surface area (Å²) in [4.78, 5) is 6.84. The molecular weight excluding hydrogens is 198 g/mol. The van der Waals surface area contributed by atoms with Gasteiger partial charge < -0.3 is 10.2 Å². The van der Waals surface area contributed by atoms with Gasteiger partial charge in [-0.3, -0.25) is 0 Å². The second kappa shape index (κ2) is 5.30. The Kier molecular flexibility index (Phi) is 3.78. The summed E-state index contributed by atoms with van der Waals surface area (Å²) in [5.41, 5.74) is 0. The van der Waals surface area contributed by atoms with E-state index in [9.17, 15) is 0 Å². The first kappa shape index (κ1) is 11.4. The highest BCUT2D eigenvalue weighted by Crippen LogP contribution is 2.16. The zero-order valence-electron chi connectivity index (χ0n) is 10.2. The Morgan fingerprint density at radius 2 is 2.06 bits per heavy atom. The fourth-order valence-electron chi connectivity index (χ4n) is 2.22. The van der Waals surface area contributed by atoms with Crippen LogP contribution in [-0.2, 0) is 0 Å². The maximum absolute atomic E-state index is 4.30. The Morgan fingerprint density at radius 3 is 2.62 bits per heavy atom. The van der Waals surface area contributed by atoms with E-state index in [1.165, 1.54) is 25.9 Å². The fraction of sp³-hybridized carbons (Fsp3) is 0.615. The van der Waals surface area contributed by atoms with Crippen LogP contribution in [0.25, 0.3) is 0 Å². The number of likely N-dealkylation sites (tertiary alicyclic amines) is 1. The maximum atomic E-state index is 4.30. The van der Waals surface area contributed by atoms with E-state index in [-0.39, 0.29) is 0 Å². The lowest BCUT2D eigenvalue weighted by Crippen LogP contribution is -2.42. The summed E-state index contributed by atoms with van der Waals surface area (Å²) in [6.07, 6.45) is 4.27. The third-order valence-corrected chi connectivity index (χ3v) is 3.28. The lowest BCUT2D eigenvalue weighted by molar-refractivity contribution is 0.177. The summed E-state index contributed by atoms with van der Waals surface area (Å²) in [5.74, 6) is 1.01. The van der Waals surface area contributed by atoms with E-state index in [2.05, 4.69) is 29.0 Å². The third kappa shape index (κ3) is 2.95. The molecule has 0 aromatic carbocycles. The fourth-order valence-corrected chi connectivity index (χ4v) is 2.22. The number of piperidine rings is 1. The highest BCUT2D eigenvalue weighted by atomic mass is 15.2. The van der Waals surface area contributed by atoms with Gasteiger partial charge in [0.2, 0.25) is 0 Å². The number of aromatic nitrogens is 1. The number of rotatable bonds is 3. The quantitative estimate of drug-likeness (QED) is 0.846. The van der Waals surface area contributed by atoms with Crippen LogP contribution in [0.2, 0.25) is 0 Å². The van der Waals surface area contributed by atoms with Crippen LogP contribution >= 0.6 is 0 Å². The summed E-state index contributed by atoms with van der Waals surface area (Å²) < 4.78 is 0. The smallest absolute Gasteiger partial charge is 0.126 e. The predicted molar refractivity (Wildman–Crippen MR) is 67.6 cm³/mol. The van der Waals surface area contributed by atoms with Gasteiger partial charge in [-0.25, -0.2) is 4.98 Å². The van der Waals surface area contributed by atoms with Gasteiger partial charge in [-0.05, 0) is 38.8 Å². The number of hydrogen-bond donors (Lipinski definition) is 1. The topological polar surface area (TPSA) is 28.2 Å². The molecule has 1 aliphatic rings. The van der Waals surface area contributed by atoms with E-state index < -0.39 is 0 Å². The monoisotopic (exact) mass is 219 g/mol. The van der Waals surface area contributed by atoms with Gasteiger partial charge in [0.25, 0.3) is 0 Å². The number of nitrogens with one attached hydrogen (secondary N) is 1. The van der Waals surface area contributed by atoms with Crippen LogP contribution in [0, 0.1) is 0 Å². The Labute approximate surface area is 97.9 Å². The molecule has 1 saturated heterocycles. The van der Waals surface area contributed by atoms with E-state index >= 15 is 0 Å². The molecule has 0 amide bonds. The van der Waals surface area contributed by atoms with E-state index in [0.29, 0.717) is 12.1 Å². The minimum absolute atomic E-state index is 0.588. The van der Waals surface area contributed by atoms with Crippen LogP contribution in [0.5, 0.6) is 0 Å². The molecule has 1 aliphatic heterocycles. The molecule has 0 atom stereocenters. The average molecular weight is 219 g/mol. The second-order valence-electron chi connectivity index (χ2n) is 4.76. The van der Waals surface area contributed by atoms with Gasteiger partial charge in [-0.1, -0.05) is 6.07 Å². The number of hydrogen-bond acceptors (Lipinski definition) is 3. The lowest BCUT2D eigenvalue weighted by atomic mass is 10.0. The van der Waals surface area contributed by atoms with E-state index in [0.717, 1.165) is 5.82 Å². The molecule has 1 aromatic rings. The molecule has 2 heterocycles. The van der Waals surface area contributed by atoms with Crippen molar-refractivity contribution in [1.29, 1.82) is 0 Å². The van der Waals surface area contributed by atoms with Crippen LogP contribution in [0.15, 0.2) is 24.4 Å². The van der Waals surface area contributed by atoms with Crippen LogP contribution in [0.1, 0.15) is 26.7 Å². The maximum Gasteiger partial charge on any atom is 0.126 e. The van der Waals surface area contributed by atoms with Gasteiger partial charge in [0.05, 0.1) is 0 Å². The predicted octanol–water partition coefficient (Wildman–Crippen LogP) is 2.37. The lowest BCUT2D eigenvalue weighted by Gasteiger charge is -2.35. The number of pyridine rings is 1. The Bertz CT molecular complexity index is 302. The molecule has 1 fully saturated rings. The largest absolute Gasteiger partial charge is 0.367 e. The Hall–Kier alpha value is -1.09. The Morgan fingerprint density at radius 1 is 1.31 bits per heavy atom. The van der Waals surface area contributed by atoms with Crippen LogP contribution in [0.4, 0.5) is 5.82 Å². The number of anilines is 1. The van der Waals surface area contributed by atoms with Crippen molar-refractivity contribution in [2.45, 2.75) is 38.8 Å². The van der Waals surface area contributed by atoms with Crippen molar-refractivity contribution in [3.8, 4) is 0 Å². The van der Waals surface area contributed by atoms with Crippen molar-refractivity contribution in [2.24, 2.45) is 0 Å². The van der Waals surface area contributed by atoms with Gasteiger partial charge in [0.1, 0.15) is 5.82 Å². The highest BCUT2D eigenvalue weighted by molar-refractivity contribution is 5.34. The summed E-state index contributed by atoms with van der Waals surface area (Å²) in [5, 5.41) is 3.50. The molecule has 0 bridgehead atoms. The van der Waals surface area contributed by atoms with Gasteiger partial charge in [-0.2, -0.15) is 0 Å². The van der Waals surface area contributed by atoms with E-state index in [1.807, 2.05) is 24.4 Å². The van der Waals surface area contributed by atoms with Crippen molar-refractivity contribution < 1.29 is 0 Å². The van der Waals surface area contributed by atoms with E-state index in [1.54, 1.807) is 0 Å². The standard InChI is InChI=1S/C13H21N3/c1-11(2)16-9-6-12(7-10-16)15-13-5-3-4-8-14-13/h3-5,8,11-12H,6-7,9-10H2,1-2H3,(H,14,15). The minimum atomic E-state index is 0.588. The first-order valence-electron chi connectivity index (χ1n) is 6.17. The third-order valence-electron chi connectivity index (χ3n) is 3.28. The normalized spacial score (nSPS) is 18.9. The van der Waals surface area contributed by atoms with E-state index in [4.69, 9.17) is 0 Å². The Balaban J connectivity index is 1.82. The minimum Gasteiger partial charge on any atom is -0.367 e. The molecular formula is C13H21N3. The molecule has 3 nitrogen and oxygen atoms in total. The highest BCUT2D eigenvalue weighted by Gasteiger charge is 2.20. The SMILES string of the molecule is CC(C)N1CCC(Nc2ccccn2)CC1. The second-order valence-corrected chi connectivity index (χ2v) is 4.76.